The summed E-state index contributed by atoms with van der Waals surface area (Å²) >= 11 is 0. The number of aromatic nitrogens is 2. The van der Waals surface area contributed by atoms with Gasteiger partial charge in [-0.2, -0.15) is 0 Å². The highest BCUT2D eigenvalue weighted by Gasteiger charge is 2.28. The number of nitrogens with zero attached hydrogens (tertiary/aromatic N) is 3. The molecule has 1 fully saturated rings. The predicted octanol–water partition coefficient (Wildman–Crippen LogP) is 1.36. The first-order chi connectivity index (χ1) is 8.65. The summed E-state index contributed by atoms with van der Waals surface area (Å²) in [7, 11) is 1.99. The Morgan fingerprint density at radius 1 is 1.39 bits per heavy atom. The second-order valence-electron chi connectivity index (χ2n) is 4.94. The number of aliphatic hydroxyl groups is 1. The minimum absolute atomic E-state index is 0.137. The first-order valence-corrected chi connectivity index (χ1v) is 6.65. The lowest BCUT2D eigenvalue weighted by Gasteiger charge is -2.36. The van der Waals surface area contributed by atoms with E-state index in [9.17, 15) is 5.11 Å². The lowest BCUT2D eigenvalue weighted by Crippen LogP contribution is -2.44. The molecule has 1 saturated carbocycles. The van der Waals surface area contributed by atoms with Crippen LogP contribution in [0.3, 0.4) is 0 Å². The Bertz CT molecular complexity index is 410. The van der Waals surface area contributed by atoms with Gasteiger partial charge in [-0.25, -0.2) is 9.97 Å². The Labute approximate surface area is 108 Å². The van der Waals surface area contributed by atoms with E-state index in [2.05, 4.69) is 14.9 Å². The number of aliphatic hydroxyl groups excluding tert-OH is 1. The minimum atomic E-state index is -0.273. The molecule has 0 radical (unpaired) electrons. The van der Waals surface area contributed by atoms with Crippen LogP contribution in [0.2, 0.25) is 0 Å². The van der Waals surface area contributed by atoms with Crippen LogP contribution in [0.15, 0.2) is 6.33 Å². The van der Waals surface area contributed by atoms with Crippen molar-refractivity contribution in [2.45, 2.75) is 51.2 Å². The van der Waals surface area contributed by atoms with Crippen LogP contribution in [-0.4, -0.2) is 34.3 Å². The zero-order valence-electron chi connectivity index (χ0n) is 11.1. The highest BCUT2D eigenvalue weighted by atomic mass is 16.3. The summed E-state index contributed by atoms with van der Waals surface area (Å²) in [5, 5.41) is 10.1. The Morgan fingerprint density at radius 2 is 2.11 bits per heavy atom. The minimum Gasteiger partial charge on any atom is -0.391 e. The van der Waals surface area contributed by atoms with Gasteiger partial charge in [0.1, 0.15) is 18.0 Å². The average molecular weight is 250 g/mol. The molecule has 1 aliphatic carbocycles. The zero-order chi connectivity index (χ0) is 13.1. The van der Waals surface area contributed by atoms with E-state index in [1.807, 2.05) is 14.0 Å². The van der Waals surface area contributed by atoms with E-state index in [0.717, 1.165) is 43.5 Å². The molecule has 2 atom stereocenters. The van der Waals surface area contributed by atoms with Gasteiger partial charge in [0, 0.05) is 12.6 Å². The Morgan fingerprint density at radius 3 is 2.78 bits per heavy atom. The standard InChI is InChI=1S/C13H22N4O/c1-3-9-12(14)15-8-16-13(9)17(2)10-6-4-5-7-11(10)18/h8,10-11,18H,3-7H2,1-2H3,(H2,14,15,16). The molecule has 18 heavy (non-hydrogen) atoms. The van der Waals surface area contributed by atoms with Crippen molar-refractivity contribution in [3.8, 4) is 0 Å². The van der Waals surface area contributed by atoms with Gasteiger partial charge in [0.15, 0.2) is 0 Å². The smallest absolute Gasteiger partial charge is 0.137 e. The molecule has 5 nitrogen and oxygen atoms in total. The maximum atomic E-state index is 10.1. The summed E-state index contributed by atoms with van der Waals surface area (Å²) in [6.07, 6.45) is 6.17. The monoisotopic (exact) mass is 250 g/mol. The maximum Gasteiger partial charge on any atom is 0.137 e. The number of rotatable bonds is 3. The van der Waals surface area contributed by atoms with Crippen LogP contribution >= 0.6 is 0 Å². The van der Waals surface area contributed by atoms with Gasteiger partial charge in [0.25, 0.3) is 0 Å². The molecule has 2 rings (SSSR count). The van der Waals surface area contributed by atoms with Gasteiger partial charge in [0.2, 0.25) is 0 Å². The molecule has 0 bridgehead atoms. The maximum absolute atomic E-state index is 10.1. The van der Waals surface area contributed by atoms with Crippen LogP contribution in [0.1, 0.15) is 38.2 Å². The average Bonchev–Trinajstić information content (AvgIpc) is 2.38. The van der Waals surface area contributed by atoms with E-state index in [4.69, 9.17) is 5.73 Å². The van der Waals surface area contributed by atoms with Gasteiger partial charge in [-0.05, 0) is 19.3 Å². The molecule has 100 valence electrons. The van der Waals surface area contributed by atoms with Gasteiger partial charge in [0.05, 0.1) is 12.1 Å². The van der Waals surface area contributed by atoms with Crippen molar-refractivity contribution < 1.29 is 5.11 Å². The third-order valence-electron chi connectivity index (χ3n) is 3.83. The summed E-state index contributed by atoms with van der Waals surface area (Å²) in [5.41, 5.74) is 6.86. The van der Waals surface area contributed by atoms with E-state index in [0.29, 0.717) is 5.82 Å². The van der Waals surface area contributed by atoms with Gasteiger partial charge < -0.3 is 15.7 Å². The topological polar surface area (TPSA) is 75.3 Å². The van der Waals surface area contributed by atoms with Crippen molar-refractivity contribution in [3.63, 3.8) is 0 Å². The van der Waals surface area contributed by atoms with Gasteiger partial charge >= 0.3 is 0 Å². The van der Waals surface area contributed by atoms with Crippen LogP contribution in [-0.2, 0) is 6.42 Å². The Balaban J connectivity index is 2.27. The summed E-state index contributed by atoms with van der Waals surface area (Å²) in [5.74, 6) is 1.40. The second kappa shape index (κ2) is 5.52. The molecule has 3 N–H and O–H groups in total. The largest absolute Gasteiger partial charge is 0.391 e. The highest BCUT2D eigenvalue weighted by Crippen LogP contribution is 2.28. The fraction of sp³-hybridized carbons (Fsp3) is 0.692. The van der Waals surface area contributed by atoms with Crippen molar-refractivity contribution in [2.24, 2.45) is 0 Å². The van der Waals surface area contributed by atoms with Crippen molar-refractivity contribution in [2.75, 3.05) is 17.7 Å². The molecule has 5 heteroatoms. The van der Waals surface area contributed by atoms with Crippen LogP contribution < -0.4 is 10.6 Å². The predicted molar refractivity (Wildman–Crippen MR) is 72.5 cm³/mol. The first-order valence-electron chi connectivity index (χ1n) is 6.65. The fourth-order valence-electron chi connectivity index (χ4n) is 2.76. The van der Waals surface area contributed by atoms with E-state index >= 15 is 0 Å². The molecular formula is C13H22N4O. The van der Waals surface area contributed by atoms with Crippen LogP contribution in [0.5, 0.6) is 0 Å². The first kappa shape index (κ1) is 13.1. The summed E-state index contributed by atoms with van der Waals surface area (Å²) in [4.78, 5) is 10.4. The quantitative estimate of drug-likeness (QED) is 0.847. The number of anilines is 2. The summed E-state index contributed by atoms with van der Waals surface area (Å²) < 4.78 is 0. The molecule has 0 aromatic carbocycles. The lowest BCUT2D eigenvalue weighted by atomic mass is 9.91. The van der Waals surface area contributed by atoms with E-state index < -0.39 is 0 Å². The third-order valence-corrected chi connectivity index (χ3v) is 3.83. The number of nitrogen functional groups attached to an aromatic ring is 1. The number of nitrogens with two attached hydrogens (primary N) is 1. The number of hydrogen-bond acceptors (Lipinski definition) is 5. The normalized spacial score (nSPS) is 23.9. The molecule has 1 heterocycles. The fourth-order valence-corrected chi connectivity index (χ4v) is 2.76. The number of hydrogen-bond donors (Lipinski definition) is 2. The van der Waals surface area contributed by atoms with E-state index in [-0.39, 0.29) is 12.1 Å². The second-order valence-corrected chi connectivity index (χ2v) is 4.94. The van der Waals surface area contributed by atoms with Gasteiger partial charge in [-0.15, -0.1) is 0 Å². The van der Waals surface area contributed by atoms with Crippen LogP contribution in [0.25, 0.3) is 0 Å². The van der Waals surface area contributed by atoms with Crippen molar-refractivity contribution >= 4 is 11.6 Å². The van der Waals surface area contributed by atoms with E-state index in [1.54, 1.807) is 0 Å². The van der Waals surface area contributed by atoms with Crippen molar-refractivity contribution in [3.05, 3.63) is 11.9 Å². The highest BCUT2D eigenvalue weighted by molar-refractivity contribution is 5.56. The zero-order valence-corrected chi connectivity index (χ0v) is 11.1. The molecule has 2 unspecified atom stereocenters. The molecule has 0 amide bonds. The summed E-state index contributed by atoms with van der Waals surface area (Å²) in [6.45, 7) is 2.05. The van der Waals surface area contributed by atoms with Crippen molar-refractivity contribution in [1.82, 2.24) is 9.97 Å². The Hall–Kier alpha value is -1.36. The van der Waals surface area contributed by atoms with E-state index in [1.165, 1.54) is 6.33 Å². The van der Waals surface area contributed by atoms with Gasteiger partial charge in [-0.3, -0.25) is 0 Å². The number of likely N-dealkylation sites (N-methyl/N-ethyl adjacent to an activating group) is 1. The summed E-state index contributed by atoms with van der Waals surface area (Å²) in [6, 6.07) is 0.137. The molecule has 1 aromatic heterocycles. The third kappa shape index (κ3) is 2.41. The Kier molecular flexibility index (Phi) is 4.01. The molecule has 0 saturated heterocycles. The molecule has 0 aliphatic heterocycles. The molecule has 1 aliphatic rings. The van der Waals surface area contributed by atoms with Crippen LogP contribution in [0.4, 0.5) is 11.6 Å². The molecule has 0 spiro atoms. The SMILES string of the molecule is CCc1c(N)ncnc1N(C)C1CCCCC1O. The van der Waals surface area contributed by atoms with Gasteiger partial charge in [-0.1, -0.05) is 19.8 Å². The molecule has 1 aromatic rings. The molecular weight excluding hydrogens is 228 g/mol. The lowest BCUT2D eigenvalue weighted by molar-refractivity contribution is 0.106. The van der Waals surface area contributed by atoms with Crippen LogP contribution in [0, 0.1) is 0 Å². The van der Waals surface area contributed by atoms with Crippen molar-refractivity contribution in [1.29, 1.82) is 0 Å².